The highest BCUT2D eigenvalue weighted by atomic mass is 16.5. The van der Waals surface area contributed by atoms with Gasteiger partial charge < -0.3 is 29.2 Å². The molecule has 1 aromatic carbocycles. The molecule has 5 heterocycles. The first-order chi connectivity index (χ1) is 18.2. The number of hydrogen-bond donors (Lipinski definition) is 2. The number of aliphatic hydroxyl groups excluding tert-OH is 1. The van der Waals surface area contributed by atoms with Crippen molar-refractivity contribution in [1.29, 1.82) is 0 Å². The van der Waals surface area contributed by atoms with Crippen molar-refractivity contribution in [3.8, 4) is 28.8 Å². The van der Waals surface area contributed by atoms with Crippen LogP contribution in [0.1, 0.15) is 30.4 Å². The third-order valence-corrected chi connectivity index (χ3v) is 7.78. The van der Waals surface area contributed by atoms with E-state index in [2.05, 4.69) is 50.9 Å². The lowest BCUT2D eigenvalue weighted by Crippen LogP contribution is -2.45. The number of pyridine rings is 1. The Morgan fingerprint density at radius 3 is 2.70 bits per heavy atom. The van der Waals surface area contributed by atoms with Crippen LogP contribution in [0.25, 0.3) is 22.3 Å². The highest BCUT2D eigenvalue weighted by molar-refractivity contribution is 5.90. The van der Waals surface area contributed by atoms with Crippen LogP contribution in [-0.2, 0) is 16.0 Å². The molecule has 194 valence electrons. The van der Waals surface area contributed by atoms with Crippen molar-refractivity contribution in [2.45, 2.75) is 37.9 Å². The first-order valence-electron chi connectivity index (χ1n) is 13.2. The lowest BCUT2D eigenvalue weighted by atomic mass is 10.0. The SMILES string of the molecule is COc1cc(-c2[nH]c3ncc(C#CCCO)cc3c2CN2C3CCC2COC3)ccc1N1CCOCC1. The van der Waals surface area contributed by atoms with Crippen molar-refractivity contribution in [3.63, 3.8) is 0 Å². The number of anilines is 1. The van der Waals surface area contributed by atoms with Gasteiger partial charge in [-0.2, -0.15) is 0 Å². The van der Waals surface area contributed by atoms with E-state index in [1.165, 1.54) is 18.4 Å². The Labute approximate surface area is 217 Å². The Hall–Kier alpha value is -3.09. The number of ether oxygens (including phenoxy) is 3. The summed E-state index contributed by atoms with van der Waals surface area (Å²) in [4.78, 5) is 13.3. The van der Waals surface area contributed by atoms with E-state index >= 15 is 0 Å². The molecule has 2 atom stereocenters. The third kappa shape index (κ3) is 4.80. The molecule has 0 radical (unpaired) electrons. The molecule has 8 heteroatoms. The zero-order chi connectivity index (χ0) is 25.2. The fourth-order valence-electron chi connectivity index (χ4n) is 5.87. The van der Waals surface area contributed by atoms with Gasteiger partial charge in [0.15, 0.2) is 0 Å². The van der Waals surface area contributed by atoms with Crippen LogP contribution in [0.15, 0.2) is 30.5 Å². The number of nitrogens with one attached hydrogen (secondary N) is 1. The van der Waals surface area contributed by atoms with E-state index in [9.17, 15) is 0 Å². The number of morpholine rings is 2. The Bertz CT molecular complexity index is 1300. The summed E-state index contributed by atoms with van der Waals surface area (Å²) in [7, 11) is 1.74. The van der Waals surface area contributed by atoms with Crippen molar-refractivity contribution >= 4 is 16.7 Å². The maximum Gasteiger partial charge on any atom is 0.142 e. The summed E-state index contributed by atoms with van der Waals surface area (Å²) >= 11 is 0. The summed E-state index contributed by atoms with van der Waals surface area (Å²) in [5.74, 6) is 7.04. The molecule has 3 saturated heterocycles. The average molecular weight is 503 g/mol. The minimum Gasteiger partial charge on any atom is -0.495 e. The molecular weight excluding hydrogens is 468 g/mol. The minimum atomic E-state index is 0.0598. The maximum absolute atomic E-state index is 9.11. The Morgan fingerprint density at radius 2 is 1.95 bits per heavy atom. The largest absolute Gasteiger partial charge is 0.495 e. The van der Waals surface area contributed by atoms with E-state index in [1.54, 1.807) is 13.3 Å². The van der Waals surface area contributed by atoms with Crippen molar-refractivity contribution in [3.05, 3.63) is 41.6 Å². The minimum absolute atomic E-state index is 0.0598. The lowest BCUT2D eigenvalue weighted by Gasteiger charge is -2.34. The van der Waals surface area contributed by atoms with Gasteiger partial charge in [-0.05, 0) is 31.0 Å². The molecule has 2 N–H and O–H groups in total. The van der Waals surface area contributed by atoms with Crippen LogP contribution < -0.4 is 9.64 Å². The molecule has 2 unspecified atom stereocenters. The zero-order valence-electron chi connectivity index (χ0n) is 21.3. The number of rotatable bonds is 6. The number of fused-ring (bicyclic) bond motifs is 3. The van der Waals surface area contributed by atoms with E-state index in [-0.39, 0.29) is 6.61 Å². The van der Waals surface area contributed by atoms with Crippen LogP contribution in [0.3, 0.4) is 0 Å². The molecule has 3 aliphatic rings. The molecule has 37 heavy (non-hydrogen) atoms. The van der Waals surface area contributed by atoms with Gasteiger partial charge in [0.25, 0.3) is 0 Å². The molecule has 0 amide bonds. The molecule has 3 fully saturated rings. The number of aliphatic hydroxyl groups is 1. The van der Waals surface area contributed by atoms with Gasteiger partial charge in [0, 0.05) is 66.4 Å². The fraction of sp³-hybridized carbons (Fsp3) is 0.483. The second kappa shape index (κ2) is 10.7. The predicted octanol–water partition coefficient (Wildman–Crippen LogP) is 3.17. The number of hydrogen-bond acceptors (Lipinski definition) is 7. The maximum atomic E-state index is 9.11. The van der Waals surface area contributed by atoms with Crippen molar-refractivity contribution in [1.82, 2.24) is 14.9 Å². The van der Waals surface area contributed by atoms with E-state index in [0.717, 1.165) is 85.4 Å². The molecule has 0 aliphatic carbocycles. The monoisotopic (exact) mass is 502 g/mol. The fourth-order valence-corrected chi connectivity index (χ4v) is 5.87. The van der Waals surface area contributed by atoms with Gasteiger partial charge in [-0.1, -0.05) is 17.9 Å². The van der Waals surface area contributed by atoms with Crippen molar-refractivity contribution in [2.75, 3.05) is 58.1 Å². The molecule has 2 aromatic heterocycles. The molecule has 6 rings (SSSR count). The van der Waals surface area contributed by atoms with Crippen LogP contribution in [0.5, 0.6) is 5.75 Å². The van der Waals surface area contributed by atoms with Crippen molar-refractivity contribution in [2.24, 2.45) is 0 Å². The summed E-state index contributed by atoms with van der Waals surface area (Å²) in [6.07, 6.45) is 4.62. The molecule has 0 saturated carbocycles. The number of aromatic nitrogens is 2. The average Bonchev–Trinajstić information content (AvgIpc) is 3.39. The normalized spacial score (nSPS) is 21.7. The number of aromatic amines is 1. The van der Waals surface area contributed by atoms with Crippen molar-refractivity contribution < 1.29 is 19.3 Å². The summed E-state index contributed by atoms with van der Waals surface area (Å²) in [6, 6.07) is 9.51. The van der Waals surface area contributed by atoms with Gasteiger partial charge in [0.2, 0.25) is 0 Å². The molecular formula is C29H34N4O4. The first-order valence-corrected chi connectivity index (χ1v) is 13.2. The van der Waals surface area contributed by atoms with E-state index in [4.69, 9.17) is 24.3 Å². The van der Waals surface area contributed by atoms with Crippen LogP contribution in [0.4, 0.5) is 5.69 Å². The van der Waals surface area contributed by atoms with Crippen LogP contribution >= 0.6 is 0 Å². The second-order valence-electron chi connectivity index (χ2n) is 9.95. The molecule has 3 aliphatic heterocycles. The van der Waals surface area contributed by atoms with Gasteiger partial charge in [-0.15, -0.1) is 0 Å². The lowest BCUT2D eigenvalue weighted by molar-refractivity contribution is -0.0184. The summed E-state index contributed by atoms with van der Waals surface area (Å²) < 4.78 is 17.3. The highest BCUT2D eigenvalue weighted by Gasteiger charge is 2.38. The van der Waals surface area contributed by atoms with E-state index in [0.29, 0.717) is 18.5 Å². The first kappa shape index (κ1) is 24.3. The molecule has 3 aromatic rings. The van der Waals surface area contributed by atoms with E-state index < -0.39 is 0 Å². The van der Waals surface area contributed by atoms with Crippen LogP contribution in [0.2, 0.25) is 0 Å². The topological polar surface area (TPSA) is 83.1 Å². The van der Waals surface area contributed by atoms with Crippen LogP contribution in [0, 0.1) is 11.8 Å². The number of H-pyrrole nitrogens is 1. The Morgan fingerprint density at radius 1 is 1.14 bits per heavy atom. The van der Waals surface area contributed by atoms with Gasteiger partial charge in [-0.25, -0.2) is 4.98 Å². The summed E-state index contributed by atoms with van der Waals surface area (Å²) in [5, 5.41) is 10.2. The van der Waals surface area contributed by atoms with Gasteiger partial charge >= 0.3 is 0 Å². The van der Waals surface area contributed by atoms with Gasteiger partial charge in [0.05, 0.1) is 51.5 Å². The second-order valence-corrected chi connectivity index (χ2v) is 9.95. The van der Waals surface area contributed by atoms with E-state index in [1.807, 2.05) is 0 Å². The highest BCUT2D eigenvalue weighted by Crippen LogP contribution is 2.39. The summed E-state index contributed by atoms with van der Waals surface area (Å²) in [6.45, 7) is 5.66. The quantitative estimate of drug-likeness (QED) is 0.501. The molecule has 2 bridgehead atoms. The molecule has 0 spiro atoms. The molecule has 8 nitrogen and oxygen atoms in total. The van der Waals surface area contributed by atoms with Gasteiger partial charge in [-0.3, -0.25) is 4.90 Å². The smallest absolute Gasteiger partial charge is 0.142 e. The number of nitrogens with zero attached hydrogens (tertiary/aromatic N) is 3. The summed E-state index contributed by atoms with van der Waals surface area (Å²) in [5.41, 5.74) is 6.19. The standard InChI is InChI=1S/C29H34N4O4/c1-35-27-15-21(5-8-26(27)32-9-12-36-13-10-32)28-25(17-33-22-6-7-23(33)19-37-18-22)24-14-20(4-2-3-11-34)16-30-29(24)31-28/h5,8,14-16,22-23,34H,3,6-7,9-13,17-19H2,1H3,(H,30,31). The number of benzene rings is 1. The number of methoxy groups -OCH3 is 1. The van der Waals surface area contributed by atoms with Crippen LogP contribution in [-0.4, -0.2) is 85.3 Å². The Balaban J connectivity index is 1.42. The third-order valence-electron chi connectivity index (χ3n) is 7.78. The zero-order valence-corrected chi connectivity index (χ0v) is 21.3. The Kier molecular flexibility index (Phi) is 7.03. The predicted molar refractivity (Wildman–Crippen MR) is 143 cm³/mol. The van der Waals surface area contributed by atoms with Gasteiger partial charge in [0.1, 0.15) is 11.4 Å².